The zero-order valence-corrected chi connectivity index (χ0v) is 16.6. The van der Waals surface area contributed by atoms with Crippen molar-refractivity contribution in [2.24, 2.45) is 0 Å². The fourth-order valence-corrected chi connectivity index (χ4v) is 3.48. The molecule has 0 unspecified atom stereocenters. The van der Waals surface area contributed by atoms with E-state index < -0.39 is 0 Å². The lowest BCUT2D eigenvalue weighted by Crippen LogP contribution is -2.21. The Hall–Kier alpha value is -2.86. The van der Waals surface area contributed by atoms with Gasteiger partial charge in [0.15, 0.2) is 0 Å². The number of aryl methyl sites for hydroxylation is 1. The third-order valence-corrected chi connectivity index (χ3v) is 5.24. The molecule has 0 saturated carbocycles. The average Bonchev–Trinajstić information content (AvgIpc) is 3.21. The van der Waals surface area contributed by atoms with E-state index in [0.29, 0.717) is 10.7 Å². The van der Waals surface area contributed by atoms with Gasteiger partial charge in [0, 0.05) is 24.5 Å². The second kappa shape index (κ2) is 8.68. The smallest absolute Gasteiger partial charge is 0.266 e. The van der Waals surface area contributed by atoms with E-state index in [4.69, 9.17) is 0 Å². The topological polar surface area (TPSA) is 57.3 Å². The largest absolute Gasteiger partial charge is 0.372 e. The quantitative estimate of drug-likeness (QED) is 0.584. The van der Waals surface area contributed by atoms with Crippen LogP contribution in [-0.4, -0.2) is 24.0 Å². The van der Waals surface area contributed by atoms with Crippen LogP contribution in [0.15, 0.2) is 54.0 Å². The van der Waals surface area contributed by atoms with Crippen LogP contribution in [0, 0.1) is 6.92 Å². The number of carbonyl (C=O) groups excluding carboxylic acids is 1. The number of pyridine rings is 1. The first kappa shape index (κ1) is 18.9. The van der Waals surface area contributed by atoms with Crippen molar-refractivity contribution in [1.82, 2.24) is 4.98 Å². The van der Waals surface area contributed by atoms with E-state index in [2.05, 4.69) is 59.5 Å². The molecule has 140 valence electrons. The lowest BCUT2D eigenvalue weighted by atomic mass is 10.1. The third-order valence-electron chi connectivity index (χ3n) is 4.37. The predicted molar refractivity (Wildman–Crippen MR) is 115 cm³/mol. The van der Waals surface area contributed by atoms with Crippen LogP contribution in [0.4, 0.5) is 22.9 Å². The molecule has 0 saturated heterocycles. The van der Waals surface area contributed by atoms with E-state index in [1.165, 1.54) is 22.6 Å². The first-order valence-corrected chi connectivity index (χ1v) is 9.92. The highest BCUT2D eigenvalue weighted by Gasteiger charge is 2.08. The molecule has 3 rings (SSSR count). The monoisotopic (exact) mass is 380 g/mol. The number of benzene rings is 1. The second-order valence-corrected chi connectivity index (χ2v) is 7.11. The third kappa shape index (κ3) is 4.65. The molecule has 6 heteroatoms. The van der Waals surface area contributed by atoms with E-state index in [9.17, 15) is 4.79 Å². The first-order chi connectivity index (χ1) is 13.1. The maximum atomic E-state index is 12.1. The maximum absolute atomic E-state index is 12.1. The van der Waals surface area contributed by atoms with Gasteiger partial charge in [-0.25, -0.2) is 4.98 Å². The van der Waals surface area contributed by atoms with Crippen molar-refractivity contribution in [2.75, 3.05) is 28.6 Å². The molecular weight excluding hydrogens is 356 g/mol. The van der Waals surface area contributed by atoms with E-state index in [0.717, 1.165) is 24.5 Å². The summed E-state index contributed by atoms with van der Waals surface area (Å²) in [5.41, 5.74) is 4.33. The molecule has 5 nitrogen and oxygen atoms in total. The number of nitrogens with zero attached hydrogens (tertiary/aromatic N) is 2. The molecule has 0 bridgehead atoms. The van der Waals surface area contributed by atoms with Crippen molar-refractivity contribution in [3.05, 3.63) is 64.5 Å². The minimum atomic E-state index is -0.138. The van der Waals surface area contributed by atoms with Crippen molar-refractivity contribution in [3.8, 4) is 0 Å². The summed E-state index contributed by atoms with van der Waals surface area (Å²) < 4.78 is 0. The fourth-order valence-electron chi connectivity index (χ4n) is 2.86. The Morgan fingerprint density at radius 2 is 1.96 bits per heavy atom. The van der Waals surface area contributed by atoms with Crippen LogP contribution in [-0.2, 0) is 0 Å². The summed E-state index contributed by atoms with van der Waals surface area (Å²) in [7, 11) is 0. The molecule has 0 radical (unpaired) electrons. The van der Waals surface area contributed by atoms with Crippen LogP contribution in [0.5, 0.6) is 0 Å². The first-order valence-electron chi connectivity index (χ1n) is 9.04. The van der Waals surface area contributed by atoms with Crippen LogP contribution in [0.25, 0.3) is 0 Å². The molecule has 2 heterocycles. The normalized spacial score (nSPS) is 10.5. The Balaban J connectivity index is 1.67. The number of nitrogens with one attached hydrogen (secondary N) is 2. The van der Waals surface area contributed by atoms with Crippen LogP contribution in [0.3, 0.4) is 0 Å². The van der Waals surface area contributed by atoms with Gasteiger partial charge in [-0.3, -0.25) is 4.79 Å². The molecule has 27 heavy (non-hydrogen) atoms. The van der Waals surface area contributed by atoms with Gasteiger partial charge in [-0.15, -0.1) is 11.3 Å². The fraction of sp³-hybridized carbons (Fsp3) is 0.238. The molecule has 0 atom stereocenters. The Kier molecular flexibility index (Phi) is 6.08. The van der Waals surface area contributed by atoms with Gasteiger partial charge in [0.1, 0.15) is 5.82 Å². The summed E-state index contributed by atoms with van der Waals surface area (Å²) in [6.07, 6.45) is 1.72. The predicted octanol–water partition coefficient (Wildman–Crippen LogP) is 5.29. The number of anilines is 4. The van der Waals surface area contributed by atoms with Crippen LogP contribution in [0.2, 0.25) is 0 Å². The summed E-state index contributed by atoms with van der Waals surface area (Å²) >= 11 is 1.41. The Morgan fingerprint density at radius 3 is 2.56 bits per heavy atom. The van der Waals surface area contributed by atoms with Crippen molar-refractivity contribution >= 4 is 40.1 Å². The second-order valence-electron chi connectivity index (χ2n) is 6.16. The average molecular weight is 381 g/mol. The van der Waals surface area contributed by atoms with Gasteiger partial charge in [0.25, 0.3) is 5.91 Å². The molecule has 3 aromatic rings. The van der Waals surface area contributed by atoms with Crippen molar-refractivity contribution in [2.45, 2.75) is 20.8 Å². The number of carbonyl (C=O) groups is 1. The van der Waals surface area contributed by atoms with Gasteiger partial charge < -0.3 is 15.5 Å². The number of rotatable bonds is 7. The van der Waals surface area contributed by atoms with Gasteiger partial charge in [0.05, 0.1) is 16.8 Å². The van der Waals surface area contributed by atoms with Gasteiger partial charge in [-0.2, -0.15) is 0 Å². The Labute approximate surface area is 164 Å². The van der Waals surface area contributed by atoms with Gasteiger partial charge in [0.2, 0.25) is 0 Å². The lowest BCUT2D eigenvalue weighted by molar-refractivity contribution is 0.103. The summed E-state index contributed by atoms with van der Waals surface area (Å²) in [6.45, 7) is 8.40. The van der Waals surface area contributed by atoms with E-state index in [-0.39, 0.29) is 5.91 Å². The lowest BCUT2D eigenvalue weighted by Gasteiger charge is -2.22. The zero-order chi connectivity index (χ0) is 19.2. The molecule has 0 aliphatic carbocycles. The van der Waals surface area contributed by atoms with Crippen molar-refractivity contribution < 1.29 is 4.79 Å². The molecule has 0 aliphatic heterocycles. The molecular formula is C21H24N4OS. The molecule has 0 aliphatic rings. The molecule has 0 spiro atoms. The molecule has 2 N–H and O–H groups in total. The highest BCUT2D eigenvalue weighted by molar-refractivity contribution is 7.12. The van der Waals surface area contributed by atoms with E-state index in [1.807, 2.05) is 17.5 Å². The standard InChI is InChI=1S/C21H24N4OS/c1-4-25(5-2)17-9-10-18(15(3)13-17)23-16-8-11-20(22-14-16)24-21(26)19-7-6-12-27-19/h6-14,23H,4-5H2,1-3H3,(H,22,24,26). The summed E-state index contributed by atoms with van der Waals surface area (Å²) in [6, 6.07) is 13.8. The summed E-state index contributed by atoms with van der Waals surface area (Å²) in [5.74, 6) is 0.397. The van der Waals surface area contributed by atoms with Crippen LogP contribution in [0.1, 0.15) is 29.1 Å². The number of hydrogen-bond donors (Lipinski definition) is 2. The summed E-state index contributed by atoms with van der Waals surface area (Å²) in [5, 5.41) is 8.08. The van der Waals surface area contributed by atoms with Crippen molar-refractivity contribution in [1.29, 1.82) is 0 Å². The molecule has 1 amide bonds. The van der Waals surface area contributed by atoms with Gasteiger partial charge >= 0.3 is 0 Å². The maximum Gasteiger partial charge on any atom is 0.266 e. The number of aromatic nitrogens is 1. The minimum absolute atomic E-state index is 0.138. The van der Waals surface area contributed by atoms with E-state index >= 15 is 0 Å². The number of amides is 1. The van der Waals surface area contributed by atoms with Gasteiger partial charge in [-0.1, -0.05) is 6.07 Å². The highest BCUT2D eigenvalue weighted by atomic mass is 32.1. The SMILES string of the molecule is CCN(CC)c1ccc(Nc2ccc(NC(=O)c3cccs3)nc2)c(C)c1. The number of thiophene rings is 1. The van der Waals surface area contributed by atoms with Crippen molar-refractivity contribution in [3.63, 3.8) is 0 Å². The number of hydrogen-bond acceptors (Lipinski definition) is 5. The summed E-state index contributed by atoms with van der Waals surface area (Å²) in [4.78, 5) is 19.4. The highest BCUT2D eigenvalue weighted by Crippen LogP contribution is 2.25. The minimum Gasteiger partial charge on any atom is -0.372 e. The molecule has 2 aromatic heterocycles. The molecule has 0 fully saturated rings. The Morgan fingerprint density at radius 1 is 1.15 bits per heavy atom. The van der Waals surface area contributed by atoms with E-state index in [1.54, 1.807) is 18.3 Å². The molecule has 1 aromatic carbocycles. The van der Waals surface area contributed by atoms with Crippen LogP contribution >= 0.6 is 11.3 Å². The zero-order valence-electron chi connectivity index (χ0n) is 15.8. The van der Waals surface area contributed by atoms with Crippen LogP contribution < -0.4 is 15.5 Å². The van der Waals surface area contributed by atoms with Gasteiger partial charge in [-0.05, 0) is 68.1 Å². The Bertz CT molecular complexity index is 887.